The van der Waals surface area contributed by atoms with Gasteiger partial charge in [0.05, 0.1) is 5.69 Å². The summed E-state index contributed by atoms with van der Waals surface area (Å²) in [5.74, 6) is -0.0240. The number of anilines is 1. The number of fused-ring (bicyclic) bond motifs is 1. The van der Waals surface area contributed by atoms with E-state index in [0.717, 1.165) is 27.7 Å². The number of carbonyl (C=O) groups excluding carboxylic acids is 1. The van der Waals surface area contributed by atoms with Crippen molar-refractivity contribution in [1.29, 1.82) is 0 Å². The predicted octanol–water partition coefficient (Wildman–Crippen LogP) is 4.03. The first-order valence-corrected chi connectivity index (χ1v) is 6.89. The van der Waals surface area contributed by atoms with Gasteiger partial charge in [-0.2, -0.15) is 0 Å². The van der Waals surface area contributed by atoms with Gasteiger partial charge in [0.2, 0.25) is 0 Å². The van der Waals surface area contributed by atoms with Crippen LogP contribution in [0.5, 0.6) is 0 Å². The van der Waals surface area contributed by atoms with E-state index in [4.69, 9.17) is 0 Å². The van der Waals surface area contributed by atoms with E-state index in [-0.39, 0.29) is 5.91 Å². The molecule has 1 aliphatic rings. The van der Waals surface area contributed by atoms with Gasteiger partial charge in [-0.3, -0.25) is 4.79 Å². The monoisotopic (exact) mass is 313 g/mol. The molecule has 3 heteroatoms. The zero-order chi connectivity index (χ0) is 13.2. The molecule has 2 aromatic carbocycles. The van der Waals surface area contributed by atoms with Crippen molar-refractivity contribution < 1.29 is 4.79 Å². The van der Waals surface area contributed by atoms with Crippen molar-refractivity contribution >= 4 is 33.1 Å². The van der Waals surface area contributed by atoms with Crippen LogP contribution in [-0.2, 0) is 11.2 Å². The van der Waals surface area contributed by atoms with Crippen LogP contribution in [0.1, 0.15) is 11.1 Å². The van der Waals surface area contributed by atoms with Crippen LogP contribution in [-0.4, -0.2) is 5.91 Å². The molecule has 1 aliphatic heterocycles. The van der Waals surface area contributed by atoms with Gasteiger partial charge >= 0.3 is 0 Å². The van der Waals surface area contributed by atoms with E-state index < -0.39 is 0 Å². The van der Waals surface area contributed by atoms with Crippen LogP contribution < -0.4 is 5.32 Å². The SMILES string of the molecule is O=C1Nc2cc(Br)ccc2C1=CCc1ccccc1. The molecule has 0 atom stereocenters. The van der Waals surface area contributed by atoms with E-state index in [1.54, 1.807) is 0 Å². The molecule has 0 saturated heterocycles. The molecular weight excluding hydrogens is 302 g/mol. The van der Waals surface area contributed by atoms with E-state index >= 15 is 0 Å². The fourth-order valence-electron chi connectivity index (χ4n) is 2.20. The van der Waals surface area contributed by atoms with Crippen molar-refractivity contribution in [2.45, 2.75) is 6.42 Å². The quantitative estimate of drug-likeness (QED) is 0.833. The lowest BCUT2D eigenvalue weighted by Gasteiger charge is -1.99. The van der Waals surface area contributed by atoms with E-state index in [2.05, 4.69) is 33.4 Å². The van der Waals surface area contributed by atoms with Crippen molar-refractivity contribution in [3.05, 3.63) is 70.2 Å². The van der Waals surface area contributed by atoms with Crippen LogP contribution >= 0.6 is 15.9 Å². The highest BCUT2D eigenvalue weighted by molar-refractivity contribution is 9.10. The molecule has 3 rings (SSSR count). The summed E-state index contributed by atoms with van der Waals surface area (Å²) in [5.41, 5.74) is 3.81. The number of hydrogen-bond donors (Lipinski definition) is 1. The van der Waals surface area contributed by atoms with Gasteiger partial charge in [0.15, 0.2) is 0 Å². The molecule has 2 aromatic rings. The van der Waals surface area contributed by atoms with Crippen LogP contribution in [0.15, 0.2) is 59.1 Å². The maximum Gasteiger partial charge on any atom is 0.256 e. The fraction of sp³-hybridized carbons (Fsp3) is 0.0625. The number of carbonyl (C=O) groups is 1. The summed E-state index contributed by atoms with van der Waals surface area (Å²) in [6.07, 6.45) is 2.75. The zero-order valence-corrected chi connectivity index (χ0v) is 11.8. The van der Waals surface area contributed by atoms with Crippen LogP contribution in [0.25, 0.3) is 5.57 Å². The molecule has 0 unspecified atom stereocenters. The maximum atomic E-state index is 12.0. The number of rotatable bonds is 2. The third-order valence-corrected chi connectivity index (χ3v) is 3.64. The van der Waals surface area contributed by atoms with Gasteiger partial charge in [0, 0.05) is 15.6 Å². The minimum atomic E-state index is -0.0240. The third-order valence-electron chi connectivity index (χ3n) is 3.15. The number of halogens is 1. The van der Waals surface area contributed by atoms with Crippen molar-refractivity contribution in [2.75, 3.05) is 5.32 Å². The summed E-state index contributed by atoms with van der Waals surface area (Å²) in [6, 6.07) is 16.0. The summed E-state index contributed by atoms with van der Waals surface area (Å²) in [7, 11) is 0. The molecule has 0 radical (unpaired) electrons. The molecule has 1 N–H and O–H groups in total. The second-order valence-electron chi connectivity index (χ2n) is 4.45. The topological polar surface area (TPSA) is 29.1 Å². The van der Waals surface area contributed by atoms with Gasteiger partial charge in [0.1, 0.15) is 0 Å². The number of nitrogens with one attached hydrogen (secondary N) is 1. The highest BCUT2D eigenvalue weighted by atomic mass is 79.9. The number of hydrogen-bond acceptors (Lipinski definition) is 1. The third kappa shape index (κ3) is 2.47. The second-order valence-corrected chi connectivity index (χ2v) is 5.37. The summed E-state index contributed by atoms with van der Waals surface area (Å²) < 4.78 is 0.968. The zero-order valence-electron chi connectivity index (χ0n) is 10.2. The predicted molar refractivity (Wildman–Crippen MR) is 80.9 cm³/mol. The standard InChI is InChI=1S/C16H12BrNO/c17-12-7-9-13-14(16(19)18-15(13)10-12)8-6-11-4-2-1-3-5-11/h1-5,7-10H,6H2,(H,18,19). The smallest absolute Gasteiger partial charge is 0.256 e. The van der Waals surface area contributed by atoms with Crippen molar-refractivity contribution in [2.24, 2.45) is 0 Å². The van der Waals surface area contributed by atoms with Gasteiger partial charge in [0.25, 0.3) is 5.91 Å². The van der Waals surface area contributed by atoms with Crippen molar-refractivity contribution in [3.8, 4) is 0 Å². The Bertz CT molecular complexity index is 662. The van der Waals surface area contributed by atoms with Crippen LogP contribution in [0.2, 0.25) is 0 Å². The molecule has 2 nitrogen and oxygen atoms in total. The molecule has 0 aromatic heterocycles. The molecule has 0 aliphatic carbocycles. The lowest BCUT2D eigenvalue weighted by atomic mass is 10.0. The summed E-state index contributed by atoms with van der Waals surface area (Å²) in [6.45, 7) is 0. The Hall–Kier alpha value is -1.87. The lowest BCUT2D eigenvalue weighted by molar-refractivity contribution is -0.110. The van der Waals surface area contributed by atoms with Gasteiger partial charge in [-0.25, -0.2) is 0 Å². The Morgan fingerprint density at radius 2 is 1.89 bits per heavy atom. The highest BCUT2D eigenvalue weighted by Gasteiger charge is 2.23. The van der Waals surface area contributed by atoms with E-state index in [9.17, 15) is 4.79 Å². The molecule has 0 fully saturated rings. The second kappa shape index (κ2) is 5.02. The van der Waals surface area contributed by atoms with Crippen LogP contribution in [0.3, 0.4) is 0 Å². The molecule has 0 spiro atoms. The normalized spacial score (nSPS) is 15.4. The molecule has 0 saturated carbocycles. The molecule has 1 amide bonds. The van der Waals surface area contributed by atoms with E-state index in [0.29, 0.717) is 0 Å². The molecular formula is C16H12BrNO. The Kier molecular flexibility index (Phi) is 3.22. The molecule has 0 bridgehead atoms. The van der Waals surface area contributed by atoms with Crippen LogP contribution in [0.4, 0.5) is 5.69 Å². The minimum Gasteiger partial charge on any atom is -0.321 e. The number of benzene rings is 2. The number of amides is 1. The van der Waals surface area contributed by atoms with E-state index in [1.807, 2.05) is 42.5 Å². The average Bonchev–Trinajstić information content (AvgIpc) is 2.72. The summed E-state index contributed by atoms with van der Waals surface area (Å²) in [4.78, 5) is 12.0. The fourth-order valence-corrected chi connectivity index (χ4v) is 2.56. The Morgan fingerprint density at radius 3 is 2.68 bits per heavy atom. The Labute approximate surface area is 120 Å². The van der Waals surface area contributed by atoms with E-state index in [1.165, 1.54) is 5.56 Å². The minimum absolute atomic E-state index is 0.0240. The Morgan fingerprint density at radius 1 is 1.11 bits per heavy atom. The van der Waals surface area contributed by atoms with Crippen LogP contribution in [0, 0.1) is 0 Å². The molecule has 1 heterocycles. The van der Waals surface area contributed by atoms with Gasteiger partial charge in [-0.1, -0.05) is 58.4 Å². The summed E-state index contributed by atoms with van der Waals surface area (Å²) in [5, 5.41) is 2.89. The summed E-state index contributed by atoms with van der Waals surface area (Å²) >= 11 is 3.41. The number of allylic oxidation sites excluding steroid dienone is 1. The first-order chi connectivity index (χ1) is 9.24. The van der Waals surface area contributed by atoms with Gasteiger partial charge in [-0.15, -0.1) is 0 Å². The largest absolute Gasteiger partial charge is 0.321 e. The average molecular weight is 314 g/mol. The molecule has 94 valence electrons. The molecule has 19 heavy (non-hydrogen) atoms. The van der Waals surface area contributed by atoms with Gasteiger partial charge < -0.3 is 5.32 Å². The van der Waals surface area contributed by atoms with Gasteiger partial charge in [-0.05, 0) is 24.1 Å². The highest BCUT2D eigenvalue weighted by Crippen LogP contribution is 2.33. The first kappa shape index (κ1) is 12.2. The maximum absolute atomic E-state index is 12.0. The Balaban J connectivity index is 1.92. The van der Waals surface area contributed by atoms with Crippen molar-refractivity contribution in [3.63, 3.8) is 0 Å². The van der Waals surface area contributed by atoms with Crippen molar-refractivity contribution in [1.82, 2.24) is 0 Å². The first-order valence-electron chi connectivity index (χ1n) is 6.09. The lowest BCUT2D eigenvalue weighted by Crippen LogP contribution is -2.03.